The lowest BCUT2D eigenvalue weighted by molar-refractivity contribution is -0.129. The molecule has 0 aliphatic carbocycles. The number of pyridine rings is 1. The second-order valence-corrected chi connectivity index (χ2v) is 8.22. The normalized spacial score (nSPS) is 14.1. The number of aromatic nitrogens is 1. The highest BCUT2D eigenvalue weighted by molar-refractivity contribution is 6.30. The summed E-state index contributed by atoms with van der Waals surface area (Å²) in [4.78, 5) is 19.8. The molecule has 0 saturated carbocycles. The molecule has 2 heterocycles. The topological polar surface area (TPSA) is 45.7 Å². The van der Waals surface area contributed by atoms with E-state index in [0.29, 0.717) is 11.6 Å². The van der Waals surface area contributed by atoms with Crippen LogP contribution in [0.25, 0.3) is 12.2 Å². The molecule has 3 aromatic rings. The van der Waals surface area contributed by atoms with Crippen molar-refractivity contribution in [3.63, 3.8) is 0 Å². The molecule has 1 aromatic heterocycles. The van der Waals surface area contributed by atoms with Crippen LogP contribution in [0.2, 0.25) is 5.02 Å². The fourth-order valence-corrected chi connectivity index (χ4v) is 3.99. The molecule has 0 bridgehead atoms. The van der Waals surface area contributed by atoms with Crippen molar-refractivity contribution in [2.45, 2.75) is 13.5 Å². The molecule has 6 heteroatoms. The maximum Gasteiger partial charge on any atom is 0.219 e. The Morgan fingerprint density at radius 1 is 1.03 bits per heavy atom. The maximum atomic E-state index is 11.5. The van der Waals surface area contributed by atoms with Crippen molar-refractivity contribution in [3.8, 4) is 5.75 Å². The number of hydrogen-bond donors (Lipinski definition) is 0. The fraction of sp³-hybridized carbons (Fsp3) is 0.231. The van der Waals surface area contributed by atoms with E-state index in [-0.39, 0.29) is 5.91 Å². The van der Waals surface area contributed by atoms with Gasteiger partial charge in [-0.25, -0.2) is 0 Å². The predicted octanol–water partition coefficient (Wildman–Crippen LogP) is 5.15. The van der Waals surface area contributed by atoms with Gasteiger partial charge in [0.2, 0.25) is 5.91 Å². The van der Waals surface area contributed by atoms with E-state index in [4.69, 9.17) is 16.3 Å². The number of benzene rings is 2. The van der Waals surface area contributed by atoms with Crippen molar-refractivity contribution in [3.05, 3.63) is 88.7 Å². The first kappa shape index (κ1) is 21.9. The first-order valence-corrected chi connectivity index (χ1v) is 11.1. The van der Waals surface area contributed by atoms with Crippen molar-refractivity contribution in [2.75, 3.05) is 31.1 Å². The zero-order chi connectivity index (χ0) is 22.3. The van der Waals surface area contributed by atoms with Crippen LogP contribution >= 0.6 is 11.6 Å². The number of hydrogen-bond acceptors (Lipinski definition) is 4. The lowest BCUT2D eigenvalue weighted by Crippen LogP contribution is -2.48. The molecule has 0 atom stereocenters. The van der Waals surface area contributed by atoms with Crippen molar-refractivity contribution in [1.82, 2.24) is 9.88 Å². The molecule has 1 saturated heterocycles. The summed E-state index contributed by atoms with van der Waals surface area (Å²) in [6.45, 7) is 5.34. The minimum atomic E-state index is 0.151. The Kier molecular flexibility index (Phi) is 7.07. The molecule has 0 spiro atoms. The average Bonchev–Trinajstić information content (AvgIpc) is 2.82. The number of carbonyl (C=O) groups excluding carboxylic acids is 1. The first-order valence-electron chi connectivity index (χ1n) is 10.7. The van der Waals surface area contributed by atoms with Gasteiger partial charge >= 0.3 is 0 Å². The highest BCUT2D eigenvalue weighted by atomic mass is 35.5. The van der Waals surface area contributed by atoms with Crippen LogP contribution in [0.5, 0.6) is 5.75 Å². The van der Waals surface area contributed by atoms with E-state index in [9.17, 15) is 4.79 Å². The van der Waals surface area contributed by atoms with Crippen molar-refractivity contribution >= 4 is 35.3 Å². The number of piperazine rings is 1. The van der Waals surface area contributed by atoms with Crippen LogP contribution in [0.15, 0.2) is 67.0 Å². The van der Waals surface area contributed by atoms with E-state index in [1.165, 1.54) is 5.69 Å². The highest BCUT2D eigenvalue weighted by Gasteiger charge is 2.18. The minimum Gasteiger partial charge on any atom is -0.487 e. The molecule has 2 aromatic carbocycles. The second kappa shape index (κ2) is 10.3. The molecule has 5 nitrogen and oxygen atoms in total. The SMILES string of the molecule is CC(=O)N1CCN(c2ccc(/C=C/c3cc(Cl)cc(COc4cccnc4)c3)cc2)CC1. The summed E-state index contributed by atoms with van der Waals surface area (Å²) in [5.41, 5.74) is 4.32. The molecule has 1 aliphatic rings. The largest absolute Gasteiger partial charge is 0.487 e. The van der Waals surface area contributed by atoms with Gasteiger partial charge in [0.25, 0.3) is 0 Å². The zero-order valence-electron chi connectivity index (χ0n) is 18.1. The summed E-state index contributed by atoms with van der Waals surface area (Å²) in [5, 5.41) is 0.678. The molecular weight excluding hydrogens is 422 g/mol. The van der Waals surface area contributed by atoms with Gasteiger partial charge < -0.3 is 14.5 Å². The molecule has 0 unspecified atom stereocenters. The Bertz CT molecular complexity index is 1080. The molecule has 1 aliphatic heterocycles. The molecule has 164 valence electrons. The van der Waals surface area contributed by atoms with E-state index in [1.54, 1.807) is 19.3 Å². The lowest BCUT2D eigenvalue weighted by atomic mass is 10.1. The van der Waals surface area contributed by atoms with Crippen LogP contribution in [0.3, 0.4) is 0 Å². The van der Waals surface area contributed by atoms with Gasteiger partial charge in [-0.15, -0.1) is 0 Å². The van der Waals surface area contributed by atoms with Gasteiger partial charge in [0.1, 0.15) is 12.4 Å². The van der Waals surface area contributed by atoms with Crippen molar-refractivity contribution in [2.24, 2.45) is 0 Å². The predicted molar refractivity (Wildman–Crippen MR) is 130 cm³/mol. The monoisotopic (exact) mass is 447 g/mol. The van der Waals surface area contributed by atoms with E-state index in [0.717, 1.165) is 48.6 Å². The number of anilines is 1. The van der Waals surface area contributed by atoms with Crippen LogP contribution in [-0.2, 0) is 11.4 Å². The molecule has 32 heavy (non-hydrogen) atoms. The van der Waals surface area contributed by atoms with Crippen molar-refractivity contribution < 1.29 is 9.53 Å². The smallest absolute Gasteiger partial charge is 0.219 e. The molecular formula is C26H26ClN3O2. The Hall–Kier alpha value is -3.31. The van der Waals surface area contributed by atoms with Crippen LogP contribution in [0.1, 0.15) is 23.6 Å². The highest BCUT2D eigenvalue weighted by Crippen LogP contribution is 2.21. The molecule has 0 radical (unpaired) electrons. The summed E-state index contributed by atoms with van der Waals surface area (Å²) in [6.07, 6.45) is 7.55. The summed E-state index contributed by atoms with van der Waals surface area (Å²) in [7, 11) is 0. The minimum absolute atomic E-state index is 0.151. The quantitative estimate of drug-likeness (QED) is 0.490. The maximum absolute atomic E-state index is 11.5. The Morgan fingerprint density at radius 2 is 1.78 bits per heavy atom. The number of amides is 1. The third-order valence-electron chi connectivity index (χ3n) is 5.47. The Balaban J connectivity index is 1.37. The van der Waals surface area contributed by atoms with E-state index in [2.05, 4.69) is 52.4 Å². The number of rotatable bonds is 6. The summed E-state index contributed by atoms with van der Waals surface area (Å²) in [5.74, 6) is 0.880. The molecule has 1 fully saturated rings. The fourth-order valence-electron chi connectivity index (χ4n) is 3.72. The molecule has 1 amide bonds. The summed E-state index contributed by atoms with van der Waals surface area (Å²) < 4.78 is 5.78. The molecule has 4 rings (SSSR count). The van der Waals surface area contributed by atoms with Gasteiger partial charge in [-0.2, -0.15) is 0 Å². The second-order valence-electron chi connectivity index (χ2n) is 7.79. The number of nitrogens with zero attached hydrogens (tertiary/aromatic N) is 3. The first-order chi connectivity index (χ1) is 15.6. The number of halogens is 1. The van der Waals surface area contributed by atoms with Crippen LogP contribution in [0.4, 0.5) is 5.69 Å². The van der Waals surface area contributed by atoms with E-state index < -0.39 is 0 Å². The summed E-state index contributed by atoms with van der Waals surface area (Å²) in [6, 6.07) is 18.1. The third-order valence-corrected chi connectivity index (χ3v) is 5.69. The standard InChI is InChI=1S/C26H26ClN3O2/c1-20(31)29-11-13-30(14-12-29)25-8-6-21(7-9-25)4-5-22-15-23(17-24(27)16-22)19-32-26-3-2-10-28-18-26/h2-10,15-18H,11-14,19H2,1H3/b5-4+. The van der Waals surface area contributed by atoms with Gasteiger partial charge in [0.05, 0.1) is 6.20 Å². The number of carbonyl (C=O) groups is 1. The van der Waals surface area contributed by atoms with Crippen LogP contribution in [-0.4, -0.2) is 42.0 Å². The van der Waals surface area contributed by atoms with Gasteiger partial charge in [-0.1, -0.05) is 35.9 Å². The van der Waals surface area contributed by atoms with Gasteiger partial charge in [0, 0.05) is 50.0 Å². The van der Waals surface area contributed by atoms with Crippen LogP contribution < -0.4 is 9.64 Å². The van der Waals surface area contributed by atoms with Gasteiger partial charge in [-0.05, 0) is 59.2 Å². The third kappa shape index (κ3) is 5.89. The zero-order valence-corrected chi connectivity index (χ0v) is 18.8. The Labute approximate surface area is 193 Å². The van der Waals surface area contributed by atoms with Gasteiger partial charge in [-0.3, -0.25) is 9.78 Å². The molecule has 0 N–H and O–H groups in total. The summed E-state index contributed by atoms with van der Waals surface area (Å²) >= 11 is 6.32. The van der Waals surface area contributed by atoms with Crippen molar-refractivity contribution in [1.29, 1.82) is 0 Å². The van der Waals surface area contributed by atoms with Gasteiger partial charge in [0.15, 0.2) is 0 Å². The van der Waals surface area contributed by atoms with E-state index >= 15 is 0 Å². The lowest BCUT2D eigenvalue weighted by Gasteiger charge is -2.35. The Morgan fingerprint density at radius 3 is 2.47 bits per heavy atom. The van der Waals surface area contributed by atoms with E-state index in [1.807, 2.05) is 29.2 Å². The van der Waals surface area contributed by atoms with Crippen LogP contribution in [0, 0.1) is 0 Å². The average molecular weight is 448 g/mol. The number of ether oxygens (including phenoxy) is 1.